The van der Waals surface area contributed by atoms with Crippen molar-refractivity contribution in [1.29, 1.82) is 0 Å². The molecule has 4 aliphatic carbocycles. The van der Waals surface area contributed by atoms with Crippen LogP contribution in [0.4, 0.5) is 0 Å². The molecule has 0 aromatic rings. The Labute approximate surface area is 215 Å². The molecule has 1 saturated heterocycles. The summed E-state index contributed by atoms with van der Waals surface area (Å²) in [5, 5.41) is 0. The zero-order chi connectivity index (χ0) is 24.8. The van der Waals surface area contributed by atoms with Gasteiger partial charge in [0.25, 0.3) is 0 Å². The van der Waals surface area contributed by atoms with Gasteiger partial charge >= 0.3 is 0 Å². The Morgan fingerprint density at radius 2 is 1.89 bits per heavy atom. The van der Waals surface area contributed by atoms with Crippen LogP contribution < -0.4 is 0 Å². The molecule has 0 N–H and O–H groups in total. The maximum atomic E-state index is 12.3. The molecule has 35 heavy (non-hydrogen) atoms. The van der Waals surface area contributed by atoms with Crippen molar-refractivity contribution in [3.8, 4) is 0 Å². The van der Waals surface area contributed by atoms with Crippen molar-refractivity contribution in [3.05, 3.63) is 11.6 Å². The van der Waals surface area contributed by atoms with Gasteiger partial charge < -0.3 is 9.47 Å². The molecular formula is C32H52O3. The lowest BCUT2D eigenvalue weighted by atomic mass is 9.47. The van der Waals surface area contributed by atoms with E-state index in [1.54, 1.807) is 5.57 Å². The van der Waals surface area contributed by atoms with E-state index in [1.807, 2.05) is 0 Å². The van der Waals surface area contributed by atoms with E-state index in [2.05, 4.69) is 40.7 Å². The monoisotopic (exact) mass is 484 g/mol. The van der Waals surface area contributed by atoms with Crippen LogP contribution in [0.25, 0.3) is 0 Å². The molecule has 3 nitrogen and oxygen atoms in total. The molecule has 3 saturated carbocycles. The third-order valence-electron chi connectivity index (χ3n) is 11.8. The molecule has 0 aromatic carbocycles. The maximum absolute atomic E-state index is 12.3. The van der Waals surface area contributed by atoms with Gasteiger partial charge in [-0.05, 0) is 117 Å². The van der Waals surface area contributed by atoms with Gasteiger partial charge in [-0.3, -0.25) is 4.79 Å². The molecular weight excluding hydrogens is 432 g/mol. The van der Waals surface area contributed by atoms with Crippen molar-refractivity contribution < 1.29 is 14.3 Å². The predicted octanol–water partition coefficient (Wildman–Crippen LogP) is 8.12. The molecule has 198 valence electrons. The number of hydrogen-bond donors (Lipinski definition) is 0. The van der Waals surface area contributed by atoms with Gasteiger partial charge in [0, 0.05) is 18.9 Å². The molecule has 9 atom stereocenters. The lowest BCUT2D eigenvalue weighted by Gasteiger charge is -2.58. The number of ketones is 1. The minimum Gasteiger partial charge on any atom is -0.353 e. The first kappa shape index (κ1) is 26.0. The highest BCUT2D eigenvalue weighted by molar-refractivity contribution is 5.80. The smallest absolute Gasteiger partial charge is 0.157 e. The third kappa shape index (κ3) is 4.83. The van der Waals surface area contributed by atoms with Crippen LogP contribution in [0.3, 0.4) is 0 Å². The number of Topliss-reactive ketones (excluding diaryl/α,β-unsaturated/α-hetero) is 1. The van der Waals surface area contributed by atoms with Crippen LogP contribution >= 0.6 is 0 Å². The van der Waals surface area contributed by atoms with Crippen molar-refractivity contribution in [1.82, 2.24) is 0 Å². The minimum atomic E-state index is 0.0404. The van der Waals surface area contributed by atoms with Gasteiger partial charge in [-0.15, -0.1) is 0 Å². The molecule has 1 heterocycles. The topological polar surface area (TPSA) is 35.5 Å². The fraction of sp³-hybridized carbons (Fsp3) is 0.906. The highest BCUT2D eigenvalue weighted by Gasteiger charge is 2.59. The fourth-order valence-electron chi connectivity index (χ4n) is 9.61. The van der Waals surface area contributed by atoms with Crippen molar-refractivity contribution >= 4 is 5.78 Å². The van der Waals surface area contributed by atoms with Crippen molar-refractivity contribution in [2.75, 3.05) is 6.61 Å². The fourth-order valence-corrected chi connectivity index (χ4v) is 9.61. The quantitative estimate of drug-likeness (QED) is 0.342. The van der Waals surface area contributed by atoms with E-state index in [4.69, 9.17) is 9.47 Å². The first-order chi connectivity index (χ1) is 16.7. The van der Waals surface area contributed by atoms with Crippen molar-refractivity contribution in [2.45, 2.75) is 130 Å². The lowest BCUT2D eigenvalue weighted by Crippen LogP contribution is -2.51. The molecule has 1 aliphatic heterocycles. The molecule has 0 amide bonds. The Bertz CT molecular complexity index is 795. The average molecular weight is 485 g/mol. The highest BCUT2D eigenvalue weighted by Crippen LogP contribution is 2.67. The largest absolute Gasteiger partial charge is 0.353 e. The summed E-state index contributed by atoms with van der Waals surface area (Å²) in [5.74, 6) is 4.68. The van der Waals surface area contributed by atoms with E-state index in [-0.39, 0.29) is 12.2 Å². The van der Waals surface area contributed by atoms with Gasteiger partial charge in [0.1, 0.15) is 5.78 Å². The second kappa shape index (κ2) is 10.2. The van der Waals surface area contributed by atoms with Crippen LogP contribution in [-0.4, -0.2) is 24.8 Å². The normalized spacial score (nSPS) is 44.2. The van der Waals surface area contributed by atoms with Crippen LogP contribution in [0.5, 0.6) is 0 Å². The van der Waals surface area contributed by atoms with Gasteiger partial charge in [0.2, 0.25) is 0 Å². The number of fused-ring (bicyclic) bond motifs is 5. The summed E-state index contributed by atoms with van der Waals surface area (Å²) in [6, 6.07) is 0. The molecule has 5 rings (SSSR count). The van der Waals surface area contributed by atoms with Crippen LogP contribution in [0.2, 0.25) is 0 Å². The Balaban J connectivity index is 1.25. The SMILES string of the molecule is CC(C)C(=O)CC[C@@H](C)[C@H]1CC[C@H]2[C@@H]3CC=C4C[C@H](OC5CCCCO5)CC[C@]4(C)[C@H]3CC[C@]12C. The molecule has 0 bridgehead atoms. The Morgan fingerprint density at radius 1 is 1.06 bits per heavy atom. The summed E-state index contributed by atoms with van der Waals surface area (Å²) >= 11 is 0. The summed E-state index contributed by atoms with van der Waals surface area (Å²) in [7, 11) is 0. The van der Waals surface area contributed by atoms with Gasteiger partial charge in [-0.1, -0.05) is 46.3 Å². The molecule has 1 unspecified atom stereocenters. The zero-order valence-corrected chi connectivity index (χ0v) is 23.3. The standard InChI is InChI=1S/C32H52O3/c1-21(2)29(33)14-9-22(3)26-12-13-27-25-11-10-23-20-24(35-30-8-6-7-19-34-30)15-17-31(23,4)28(25)16-18-32(26,27)5/h10,21-22,24-28,30H,6-9,11-20H2,1-5H3/t22-,24-,25+,26-,27+,28+,30?,31+,32-/m1/s1. The number of hydrogen-bond acceptors (Lipinski definition) is 3. The van der Waals surface area contributed by atoms with Gasteiger partial charge in [0.15, 0.2) is 6.29 Å². The molecule has 0 spiro atoms. The molecule has 0 radical (unpaired) electrons. The Morgan fingerprint density at radius 3 is 2.63 bits per heavy atom. The number of carbonyl (C=O) groups is 1. The number of allylic oxidation sites excluding steroid dienone is 1. The van der Waals surface area contributed by atoms with E-state index in [0.717, 1.165) is 56.0 Å². The molecule has 5 aliphatic rings. The molecule has 0 aromatic heterocycles. The lowest BCUT2D eigenvalue weighted by molar-refractivity contribution is -0.195. The summed E-state index contributed by atoms with van der Waals surface area (Å²) < 4.78 is 12.4. The van der Waals surface area contributed by atoms with E-state index in [0.29, 0.717) is 28.6 Å². The van der Waals surface area contributed by atoms with Gasteiger partial charge in [0.05, 0.1) is 6.10 Å². The first-order valence-electron chi connectivity index (χ1n) is 15.2. The summed E-state index contributed by atoms with van der Waals surface area (Å²) in [6.07, 6.45) is 18.9. The predicted molar refractivity (Wildman–Crippen MR) is 142 cm³/mol. The van der Waals surface area contributed by atoms with E-state index in [1.165, 1.54) is 57.8 Å². The zero-order valence-electron chi connectivity index (χ0n) is 23.3. The minimum absolute atomic E-state index is 0.0404. The summed E-state index contributed by atoms with van der Waals surface area (Å²) in [4.78, 5) is 12.3. The van der Waals surface area contributed by atoms with Crippen molar-refractivity contribution in [3.63, 3.8) is 0 Å². The third-order valence-corrected chi connectivity index (χ3v) is 11.8. The summed E-state index contributed by atoms with van der Waals surface area (Å²) in [5.41, 5.74) is 2.57. The number of carbonyl (C=O) groups excluding carboxylic acids is 1. The second-order valence-electron chi connectivity index (χ2n) is 13.9. The van der Waals surface area contributed by atoms with E-state index in [9.17, 15) is 4.79 Å². The number of rotatable bonds is 7. The maximum Gasteiger partial charge on any atom is 0.157 e. The van der Waals surface area contributed by atoms with Gasteiger partial charge in [-0.2, -0.15) is 0 Å². The van der Waals surface area contributed by atoms with Gasteiger partial charge in [-0.25, -0.2) is 0 Å². The van der Waals surface area contributed by atoms with E-state index < -0.39 is 0 Å². The summed E-state index contributed by atoms with van der Waals surface area (Å²) in [6.45, 7) is 12.7. The second-order valence-corrected chi connectivity index (χ2v) is 13.9. The van der Waals surface area contributed by atoms with Crippen LogP contribution in [-0.2, 0) is 14.3 Å². The van der Waals surface area contributed by atoms with E-state index >= 15 is 0 Å². The average Bonchev–Trinajstić information content (AvgIpc) is 3.20. The van der Waals surface area contributed by atoms with Crippen molar-refractivity contribution in [2.24, 2.45) is 46.3 Å². The number of ether oxygens (including phenoxy) is 2. The molecule has 3 heteroatoms. The van der Waals surface area contributed by atoms with Crippen LogP contribution in [0.15, 0.2) is 11.6 Å². The molecule has 4 fully saturated rings. The highest BCUT2D eigenvalue weighted by atomic mass is 16.7. The Hall–Kier alpha value is -0.670. The Kier molecular flexibility index (Phi) is 7.59. The van der Waals surface area contributed by atoms with Crippen LogP contribution in [0.1, 0.15) is 118 Å². The van der Waals surface area contributed by atoms with Crippen LogP contribution in [0, 0.1) is 46.3 Å². The first-order valence-corrected chi connectivity index (χ1v) is 15.2.